The number of rotatable bonds is 4. The summed E-state index contributed by atoms with van der Waals surface area (Å²) in [6, 6.07) is 7.48. The first-order valence-electron chi connectivity index (χ1n) is 11.2. The second-order valence-electron chi connectivity index (χ2n) is 8.82. The third-order valence-electron chi connectivity index (χ3n) is 6.59. The molecule has 2 aliphatic rings. The maximum Gasteiger partial charge on any atom is 0.255 e. The Kier molecular flexibility index (Phi) is 5.70. The molecule has 0 aromatic carbocycles. The Bertz CT molecular complexity index is 1060. The van der Waals surface area contributed by atoms with Crippen molar-refractivity contribution in [1.29, 1.82) is 0 Å². The second kappa shape index (κ2) is 8.78. The van der Waals surface area contributed by atoms with E-state index in [1.165, 1.54) is 0 Å². The minimum absolute atomic E-state index is 0.0502. The summed E-state index contributed by atoms with van der Waals surface area (Å²) in [5.41, 5.74) is 2.30. The molecule has 8 heteroatoms. The molecular weight excluding hydrogens is 406 g/mol. The molecule has 2 aliphatic heterocycles. The quantitative estimate of drug-likeness (QED) is 0.622. The second-order valence-corrected chi connectivity index (χ2v) is 8.82. The molecule has 3 aromatic heterocycles. The lowest BCUT2D eigenvalue weighted by Crippen LogP contribution is -2.51. The number of aryl methyl sites for hydroxylation is 1. The molecule has 8 nitrogen and oxygen atoms in total. The molecule has 0 N–H and O–H groups in total. The molecule has 166 valence electrons. The van der Waals surface area contributed by atoms with E-state index in [1.807, 2.05) is 36.1 Å². The Morgan fingerprint density at radius 3 is 2.75 bits per heavy atom. The van der Waals surface area contributed by atoms with Gasteiger partial charge in [0.1, 0.15) is 0 Å². The third kappa shape index (κ3) is 4.41. The van der Waals surface area contributed by atoms with Crippen LogP contribution >= 0.6 is 0 Å². The van der Waals surface area contributed by atoms with Gasteiger partial charge in [-0.25, -0.2) is 0 Å². The van der Waals surface area contributed by atoms with Gasteiger partial charge in [0, 0.05) is 56.0 Å². The average Bonchev–Trinajstić information content (AvgIpc) is 3.29. The van der Waals surface area contributed by atoms with Crippen molar-refractivity contribution >= 4 is 5.91 Å². The van der Waals surface area contributed by atoms with Gasteiger partial charge >= 0.3 is 0 Å². The van der Waals surface area contributed by atoms with Crippen LogP contribution < -0.4 is 0 Å². The van der Waals surface area contributed by atoms with Crippen molar-refractivity contribution in [3.8, 4) is 11.4 Å². The zero-order valence-corrected chi connectivity index (χ0v) is 18.2. The number of pyridine rings is 2. The van der Waals surface area contributed by atoms with E-state index in [2.05, 4.69) is 20.1 Å². The SMILES string of the molecule is Cc1ccc(C(=O)N2CCC3(CC2)CC(Cc2nc(-c4ccncc4)no2)CCO3)cn1. The van der Waals surface area contributed by atoms with Crippen LogP contribution in [0.25, 0.3) is 11.4 Å². The summed E-state index contributed by atoms with van der Waals surface area (Å²) in [6.45, 7) is 4.05. The summed E-state index contributed by atoms with van der Waals surface area (Å²) < 4.78 is 11.8. The van der Waals surface area contributed by atoms with Gasteiger partial charge in [-0.1, -0.05) is 5.16 Å². The van der Waals surface area contributed by atoms with Crippen LogP contribution in [-0.4, -0.2) is 56.2 Å². The highest BCUT2D eigenvalue weighted by atomic mass is 16.5. The predicted molar refractivity (Wildman–Crippen MR) is 117 cm³/mol. The number of likely N-dealkylation sites (tertiary alicyclic amines) is 1. The number of hydrogen-bond acceptors (Lipinski definition) is 7. The normalized spacial score (nSPS) is 20.4. The lowest BCUT2D eigenvalue weighted by atomic mass is 9.78. The summed E-state index contributed by atoms with van der Waals surface area (Å²) >= 11 is 0. The van der Waals surface area contributed by atoms with E-state index in [1.54, 1.807) is 18.6 Å². The predicted octanol–water partition coefficient (Wildman–Crippen LogP) is 3.48. The van der Waals surface area contributed by atoms with Gasteiger partial charge in [0.25, 0.3) is 5.91 Å². The lowest BCUT2D eigenvalue weighted by molar-refractivity contribution is -0.124. The highest BCUT2D eigenvalue weighted by Crippen LogP contribution is 2.39. The largest absolute Gasteiger partial charge is 0.375 e. The highest BCUT2D eigenvalue weighted by Gasteiger charge is 2.41. The van der Waals surface area contributed by atoms with Crippen LogP contribution in [0.1, 0.15) is 47.6 Å². The van der Waals surface area contributed by atoms with Gasteiger partial charge in [-0.15, -0.1) is 0 Å². The Balaban J connectivity index is 1.19. The van der Waals surface area contributed by atoms with E-state index < -0.39 is 0 Å². The molecule has 1 atom stereocenters. The van der Waals surface area contributed by atoms with Crippen LogP contribution in [-0.2, 0) is 11.2 Å². The summed E-state index contributed by atoms with van der Waals surface area (Å²) in [7, 11) is 0. The van der Waals surface area contributed by atoms with Crippen molar-refractivity contribution < 1.29 is 14.1 Å². The Morgan fingerprint density at radius 1 is 1.19 bits per heavy atom. The van der Waals surface area contributed by atoms with E-state index in [0.717, 1.165) is 50.0 Å². The maximum absolute atomic E-state index is 12.8. The molecule has 5 rings (SSSR count). The minimum atomic E-state index is -0.167. The molecule has 0 saturated carbocycles. The number of carbonyl (C=O) groups excluding carboxylic acids is 1. The summed E-state index contributed by atoms with van der Waals surface area (Å²) in [6.07, 6.45) is 9.49. The van der Waals surface area contributed by atoms with Crippen molar-refractivity contribution in [2.75, 3.05) is 19.7 Å². The molecule has 1 spiro atoms. The number of ether oxygens (including phenoxy) is 1. The molecule has 2 fully saturated rings. The van der Waals surface area contributed by atoms with Crippen molar-refractivity contribution in [2.24, 2.45) is 5.92 Å². The molecular formula is C24H27N5O3. The van der Waals surface area contributed by atoms with Gasteiger partial charge in [-0.3, -0.25) is 14.8 Å². The van der Waals surface area contributed by atoms with Crippen LogP contribution in [0.4, 0.5) is 0 Å². The van der Waals surface area contributed by atoms with E-state index >= 15 is 0 Å². The third-order valence-corrected chi connectivity index (χ3v) is 6.59. The van der Waals surface area contributed by atoms with Crippen molar-refractivity contribution in [2.45, 2.75) is 44.6 Å². The van der Waals surface area contributed by atoms with Crippen LogP contribution in [0.2, 0.25) is 0 Å². The van der Waals surface area contributed by atoms with E-state index in [4.69, 9.17) is 9.26 Å². The van der Waals surface area contributed by atoms with Crippen LogP contribution in [0, 0.1) is 12.8 Å². The zero-order valence-electron chi connectivity index (χ0n) is 18.2. The fourth-order valence-corrected chi connectivity index (χ4v) is 4.75. The molecule has 3 aromatic rings. The molecule has 1 amide bonds. The summed E-state index contributed by atoms with van der Waals surface area (Å²) in [4.78, 5) is 27.6. The molecule has 0 aliphatic carbocycles. The van der Waals surface area contributed by atoms with Crippen molar-refractivity contribution in [3.05, 3.63) is 60.0 Å². The first-order chi connectivity index (χ1) is 15.6. The zero-order chi connectivity index (χ0) is 22.0. The molecule has 1 unspecified atom stereocenters. The van der Waals surface area contributed by atoms with Gasteiger partial charge < -0.3 is 14.2 Å². The Morgan fingerprint density at radius 2 is 2.00 bits per heavy atom. The topological polar surface area (TPSA) is 94.2 Å². The van der Waals surface area contributed by atoms with E-state index in [0.29, 0.717) is 36.3 Å². The Hall–Kier alpha value is -3.13. The molecule has 0 radical (unpaired) electrons. The smallest absolute Gasteiger partial charge is 0.255 e. The number of amides is 1. The maximum atomic E-state index is 12.8. The summed E-state index contributed by atoms with van der Waals surface area (Å²) in [5.74, 6) is 1.74. The first kappa shape index (κ1) is 20.8. The van der Waals surface area contributed by atoms with Gasteiger partial charge in [0.05, 0.1) is 11.2 Å². The van der Waals surface area contributed by atoms with Gasteiger partial charge in [0.2, 0.25) is 11.7 Å². The van der Waals surface area contributed by atoms with E-state index in [9.17, 15) is 4.79 Å². The van der Waals surface area contributed by atoms with Crippen molar-refractivity contribution in [3.63, 3.8) is 0 Å². The molecule has 2 saturated heterocycles. The monoisotopic (exact) mass is 433 g/mol. The number of aromatic nitrogens is 4. The number of piperidine rings is 1. The minimum Gasteiger partial charge on any atom is -0.375 e. The van der Waals surface area contributed by atoms with E-state index in [-0.39, 0.29) is 11.5 Å². The van der Waals surface area contributed by atoms with Gasteiger partial charge in [-0.2, -0.15) is 4.98 Å². The fourth-order valence-electron chi connectivity index (χ4n) is 4.75. The molecule has 32 heavy (non-hydrogen) atoms. The fraction of sp³-hybridized carbons (Fsp3) is 0.458. The standard InChI is InChI=1S/C24H27N5O3/c1-17-2-3-20(16-26-17)23(30)29-11-7-24(8-12-29)15-18(6-13-31-24)14-21-27-22(28-32-21)19-4-9-25-10-5-19/h2-5,9-10,16,18H,6-8,11-15H2,1H3. The van der Waals surface area contributed by atoms with Crippen LogP contribution in [0.15, 0.2) is 47.4 Å². The first-order valence-corrected chi connectivity index (χ1v) is 11.2. The van der Waals surface area contributed by atoms with Crippen LogP contribution in [0.3, 0.4) is 0 Å². The summed E-state index contributed by atoms with van der Waals surface area (Å²) in [5, 5.41) is 4.13. The molecule has 5 heterocycles. The Labute approximate surface area is 187 Å². The van der Waals surface area contributed by atoms with Gasteiger partial charge in [-0.05, 0) is 62.8 Å². The highest BCUT2D eigenvalue weighted by molar-refractivity contribution is 5.94. The molecule has 0 bridgehead atoms. The average molecular weight is 434 g/mol. The number of hydrogen-bond donors (Lipinski definition) is 0. The number of carbonyl (C=O) groups is 1. The number of nitrogens with zero attached hydrogens (tertiary/aromatic N) is 5. The van der Waals surface area contributed by atoms with Gasteiger partial charge in [0.15, 0.2) is 0 Å². The lowest BCUT2D eigenvalue weighted by Gasteiger charge is -2.46. The van der Waals surface area contributed by atoms with Crippen LogP contribution in [0.5, 0.6) is 0 Å². The van der Waals surface area contributed by atoms with Crippen molar-refractivity contribution in [1.82, 2.24) is 25.0 Å².